The molecule has 0 atom stereocenters. The third-order valence-corrected chi connectivity index (χ3v) is 4.79. The standard InChI is InChI=1S/C11H16Cl2N2O3S/c1-2-18-6-5-15-19(16,17)10-4-3-9(12)8(7-14)11(10)13/h3-4,15H,2,5-7,14H2,1H3. The number of hydrogen-bond acceptors (Lipinski definition) is 4. The Balaban J connectivity index is 2.96. The molecule has 0 aliphatic carbocycles. The molecule has 0 saturated carbocycles. The maximum atomic E-state index is 12.1. The fourth-order valence-corrected chi connectivity index (χ4v) is 3.38. The first-order valence-corrected chi connectivity index (χ1v) is 7.92. The molecule has 1 rings (SSSR count). The van der Waals surface area contributed by atoms with Gasteiger partial charge in [0.05, 0.1) is 11.6 Å². The largest absolute Gasteiger partial charge is 0.380 e. The van der Waals surface area contributed by atoms with Gasteiger partial charge in [-0.25, -0.2) is 13.1 Å². The van der Waals surface area contributed by atoms with Crippen LogP contribution in [-0.4, -0.2) is 28.2 Å². The van der Waals surface area contributed by atoms with Gasteiger partial charge in [0.2, 0.25) is 10.0 Å². The van der Waals surface area contributed by atoms with Crippen molar-refractivity contribution in [3.05, 3.63) is 27.7 Å². The van der Waals surface area contributed by atoms with E-state index in [0.29, 0.717) is 23.8 Å². The van der Waals surface area contributed by atoms with Crippen molar-refractivity contribution in [2.24, 2.45) is 5.73 Å². The molecule has 5 nitrogen and oxygen atoms in total. The van der Waals surface area contributed by atoms with Crippen LogP contribution in [0.4, 0.5) is 0 Å². The van der Waals surface area contributed by atoms with Crippen molar-refractivity contribution in [2.75, 3.05) is 19.8 Å². The van der Waals surface area contributed by atoms with Gasteiger partial charge >= 0.3 is 0 Å². The van der Waals surface area contributed by atoms with Crippen LogP contribution in [0.3, 0.4) is 0 Å². The van der Waals surface area contributed by atoms with Crippen LogP contribution in [0.1, 0.15) is 12.5 Å². The Kier molecular flexibility index (Phi) is 6.52. The molecule has 0 aliphatic heterocycles. The van der Waals surface area contributed by atoms with Crippen LogP contribution >= 0.6 is 23.2 Å². The Morgan fingerprint density at radius 3 is 2.63 bits per heavy atom. The minimum atomic E-state index is -3.70. The monoisotopic (exact) mass is 326 g/mol. The lowest BCUT2D eigenvalue weighted by atomic mass is 10.2. The van der Waals surface area contributed by atoms with Crippen molar-refractivity contribution >= 4 is 33.2 Å². The van der Waals surface area contributed by atoms with E-state index in [2.05, 4.69) is 4.72 Å². The van der Waals surface area contributed by atoms with E-state index in [-0.39, 0.29) is 23.0 Å². The molecule has 0 radical (unpaired) electrons. The lowest BCUT2D eigenvalue weighted by Gasteiger charge is -2.11. The number of rotatable bonds is 7. The van der Waals surface area contributed by atoms with Crippen LogP contribution in [0.2, 0.25) is 10.0 Å². The number of hydrogen-bond donors (Lipinski definition) is 2. The molecule has 1 aromatic carbocycles. The summed E-state index contributed by atoms with van der Waals surface area (Å²) in [5.74, 6) is 0. The van der Waals surface area contributed by atoms with Gasteiger partial charge in [-0.15, -0.1) is 0 Å². The van der Waals surface area contributed by atoms with Crippen molar-refractivity contribution in [3.63, 3.8) is 0 Å². The third-order valence-electron chi connectivity index (χ3n) is 2.39. The molecular formula is C11H16Cl2N2O3S. The van der Waals surface area contributed by atoms with Crippen LogP contribution in [0.15, 0.2) is 17.0 Å². The Morgan fingerprint density at radius 1 is 1.37 bits per heavy atom. The lowest BCUT2D eigenvalue weighted by molar-refractivity contribution is 0.153. The number of sulfonamides is 1. The molecule has 1 aromatic rings. The predicted molar refractivity (Wildman–Crippen MR) is 76.0 cm³/mol. The van der Waals surface area contributed by atoms with Crippen molar-refractivity contribution in [2.45, 2.75) is 18.4 Å². The molecule has 0 bridgehead atoms. The highest BCUT2D eigenvalue weighted by atomic mass is 35.5. The second-order valence-corrected chi connectivity index (χ2v) is 6.16. The van der Waals surface area contributed by atoms with Gasteiger partial charge in [0, 0.05) is 30.3 Å². The summed E-state index contributed by atoms with van der Waals surface area (Å²) in [6, 6.07) is 2.82. The van der Waals surface area contributed by atoms with Crippen LogP contribution in [0.25, 0.3) is 0 Å². The highest BCUT2D eigenvalue weighted by Gasteiger charge is 2.20. The van der Waals surface area contributed by atoms with Gasteiger partial charge < -0.3 is 10.5 Å². The van der Waals surface area contributed by atoms with Gasteiger partial charge in [-0.2, -0.15) is 0 Å². The number of nitrogens with one attached hydrogen (secondary N) is 1. The zero-order valence-electron chi connectivity index (χ0n) is 10.4. The minimum absolute atomic E-state index is 0.0319. The number of halogens is 2. The molecule has 0 saturated heterocycles. The van der Waals surface area contributed by atoms with Crippen molar-refractivity contribution < 1.29 is 13.2 Å². The van der Waals surface area contributed by atoms with Gasteiger partial charge in [-0.05, 0) is 19.1 Å². The zero-order chi connectivity index (χ0) is 14.5. The summed E-state index contributed by atoms with van der Waals surface area (Å²) in [6.07, 6.45) is 0. The molecule has 0 unspecified atom stereocenters. The van der Waals surface area contributed by atoms with E-state index in [1.54, 1.807) is 0 Å². The summed E-state index contributed by atoms with van der Waals surface area (Å²) >= 11 is 11.9. The molecule has 3 N–H and O–H groups in total. The van der Waals surface area contributed by atoms with Crippen LogP contribution in [-0.2, 0) is 21.3 Å². The summed E-state index contributed by atoms with van der Waals surface area (Å²) in [4.78, 5) is -0.0319. The quantitative estimate of drug-likeness (QED) is 0.748. The summed E-state index contributed by atoms with van der Waals surface area (Å²) in [5.41, 5.74) is 5.91. The van der Waals surface area contributed by atoms with E-state index in [9.17, 15) is 8.42 Å². The van der Waals surface area contributed by atoms with Crippen molar-refractivity contribution in [3.8, 4) is 0 Å². The van der Waals surface area contributed by atoms with E-state index in [0.717, 1.165) is 0 Å². The van der Waals surface area contributed by atoms with Gasteiger partial charge in [0.15, 0.2) is 0 Å². The van der Waals surface area contributed by atoms with Gasteiger partial charge in [0.1, 0.15) is 4.90 Å². The van der Waals surface area contributed by atoms with Crippen LogP contribution < -0.4 is 10.5 Å². The second kappa shape index (κ2) is 7.42. The first-order chi connectivity index (χ1) is 8.94. The molecule has 0 heterocycles. The van der Waals surface area contributed by atoms with E-state index < -0.39 is 10.0 Å². The molecule has 8 heteroatoms. The number of nitrogens with two attached hydrogens (primary N) is 1. The normalized spacial score (nSPS) is 11.8. The van der Waals surface area contributed by atoms with Gasteiger partial charge in [0.25, 0.3) is 0 Å². The van der Waals surface area contributed by atoms with E-state index in [1.165, 1.54) is 12.1 Å². The smallest absolute Gasteiger partial charge is 0.242 e. The molecule has 0 amide bonds. The topological polar surface area (TPSA) is 81.4 Å². The van der Waals surface area contributed by atoms with Gasteiger partial charge in [-0.1, -0.05) is 23.2 Å². The van der Waals surface area contributed by atoms with Gasteiger partial charge in [-0.3, -0.25) is 0 Å². The van der Waals surface area contributed by atoms with E-state index in [1.807, 2.05) is 6.92 Å². The minimum Gasteiger partial charge on any atom is -0.380 e. The van der Waals surface area contributed by atoms with Crippen LogP contribution in [0.5, 0.6) is 0 Å². The molecule has 0 fully saturated rings. The van der Waals surface area contributed by atoms with Crippen molar-refractivity contribution in [1.82, 2.24) is 4.72 Å². The maximum Gasteiger partial charge on any atom is 0.242 e. The SMILES string of the molecule is CCOCCNS(=O)(=O)c1ccc(Cl)c(CN)c1Cl. The Hall–Kier alpha value is -0.370. The molecular weight excluding hydrogens is 311 g/mol. The summed E-state index contributed by atoms with van der Waals surface area (Å²) in [7, 11) is -3.70. The highest BCUT2D eigenvalue weighted by molar-refractivity contribution is 7.89. The Morgan fingerprint density at radius 2 is 2.05 bits per heavy atom. The fourth-order valence-electron chi connectivity index (χ4n) is 1.44. The second-order valence-electron chi connectivity index (χ2n) is 3.64. The van der Waals surface area contributed by atoms with Crippen molar-refractivity contribution in [1.29, 1.82) is 0 Å². The van der Waals surface area contributed by atoms with E-state index >= 15 is 0 Å². The lowest BCUT2D eigenvalue weighted by Crippen LogP contribution is -2.28. The molecule has 0 spiro atoms. The first kappa shape index (κ1) is 16.7. The van der Waals surface area contributed by atoms with Crippen LogP contribution in [0, 0.1) is 0 Å². The summed E-state index contributed by atoms with van der Waals surface area (Å²) < 4.78 is 31.6. The average molecular weight is 327 g/mol. The zero-order valence-corrected chi connectivity index (χ0v) is 12.8. The number of ether oxygens (including phenoxy) is 1. The number of benzene rings is 1. The maximum absolute atomic E-state index is 12.1. The predicted octanol–water partition coefficient (Wildman–Crippen LogP) is 1.77. The fraction of sp³-hybridized carbons (Fsp3) is 0.455. The highest BCUT2D eigenvalue weighted by Crippen LogP contribution is 2.30. The Bertz CT molecular complexity index is 535. The Labute approximate surface area is 123 Å². The molecule has 0 aromatic heterocycles. The summed E-state index contributed by atoms with van der Waals surface area (Å²) in [6.45, 7) is 2.90. The average Bonchev–Trinajstić information content (AvgIpc) is 2.35. The van der Waals surface area contributed by atoms with E-state index in [4.69, 9.17) is 33.7 Å². The first-order valence-electron chi connectivity index (χ1n) is 5.68. The molecule has 19 heavy (non-hydrogen) atoms. The molecule has 108 valence electrons. The third kappa shape index (κ3) is 4.30. The molecule has 0 aliphatic rings. The summed E-state index contributed by atoms with van der Waals surface area (Å²) in [5, 5.41) is 0.402.